The molecule has 1 heterocycles. The van der Waals surface area contributed by atoms with Crippen molar-refractivity contribution in [3.05, 3.63) is 33.4 Å². The maximum absolute atomic E-state index is 11.7. The van der Waals surface area contributed by atoms with Gasteiger partial charge in [0.1, 0.15) is 0 Å². The van der Waals surface area contributed by atoms with Crippen molar-refractivity contribution in [2.45, 2.75) is 12.5 Å². The Morgan fingerprint density at radius 1 is 1.50 bits per heavy atom. The van der Waals surface area contributed by atoms with Crippen LogP contribution in [0, 0.1) is 3.57 Å². The van der Waals surface area contributed by atoms with Crippen LogP contribution in [0.15, 0.2) is 24.3 Å². The van der Waals surface area contributed by atoms with E-state index >= 15 is 0 Å². The molecule has 1 aliphatic heterocycles. The van der Waals surface area contributed by atoms with Crippen molar-refractivity contribution in [1.82, 2.24) is 0 Å². The minimum absolute atomic E-state index is 0.323. The number of hydrogen-bond donors (Lipinski definition) is 0. The molecule has 1 unspecified atom stereocenters. The largest absolute Gasteiger partial charge is 0.463 e. The summed E-state index contributed by atoms with van der Waals surface area (Å²) in [6, 6.07) is 7.01. The highest BCUT2D eigenvalue weighted by molar-refractivity contribution is 14.1. The lowest BCUT2D eigenvalue weighted by Crippen LogP contribution is -2.22. The Morgan fingerprint density at radius 3 is 2.94 bits per heavy atom. The van der Waals surface area contributed by atoms with Gasteiger partial charge < -0.3 is 9.47 Å². The highest BCUT2D eigenvalue weighted by atomic mass is 127. The number of rotatable bonds is 2. The zero-order valence-electron chi connectivity index (χ0n) is 8.31. The standard InChI is InChI=1S/C11H9IO4/c12-8-3-1-2-7(6-8)10(13)16-9-4-5-15-11(9)14/h1-3,6,9H,4-5H2. The van der Waals surface area contributed by atoms with Gasteiger partial charge in [0.2, 0.25) is 6.10 Å². The molecule has 0 bridgehead atoms. The number of carbonyl (C=O) groups is 2. The van der Waals surface area contributed by atoms with E-state index in [1.807, 2.05) is 6.07 Å². The zero-order chi connectivity index (χ0) is 11.5. The summed E-state index contributed by atoms with van der Waals surface area (Å²) in [6.07, 6.45) is -0.306. The van der Waals surface area contributed by atoms with E-state index in [2.05, 4.69) is 22.6 Å². The molecular weight excluding hydrogens is 323 g/mol. The third-order valence-electron chi connectivity index (χ3n) is 2.20. The Bertz CT molecular complexity index is 430. The van der Waals surface area contributed by atoms with Gasteiger partial charge in [0, 0.05) is 9.99 Å². The average molecular weight is 332 g/mol. The Labute approximate surface area is 106 Å². The first-order valence-electron chi connectivity index (χ1n) is 4.80. The molecule has 0 aromatic heterocycles. The summed E-state index contributed by atoms with van der Waals surface area (Å²) in [5.74, 6) is -0.943. The molecule has 1 aromatic carbocycles. The second kappa shape index (κ2) is 4.82. The van der Waals surface area contributed by atoms with Crippen molar-refractivity contribution < 1.29 is 19.1 Å². The van der Waals surface area contributed by atoms with Gasteiger partial charge in [-0.1, -0.05) is 6.07 Å². The molecule has 1 aromatic rings. The molecule has 1 fully saturated rings. The van der Waals surface area contributed by atoms with Crippen molar-refractivity contribution in [3.8, 4) is 0 Å². The van der Waals surface area contributed by atoms with Crippen LogP contribution < -0.4 is 0 Å². The van der Waals surface area contributed by atoms with Gasteiger partial charge in [-0.2, -0.15) is 0 Å². The van der Waals surface area contributed by atoms with E-state index in [0.717, 1.165) is 3.57 Å². The minimum atomic E-state index is -0.745. The van der Waals surface area contributed by atoms with E-state index < -0.39 is 18.0 Å². The molecule has 0 aliphatic carbocycles. The number of carbonyl (C=O) groups excluding carboxylic acids is 2. The predicted octanol–water partition coefficient (Wildman–Crippen LogP) is 1.76. The second-order valence-corrected chi connectivity index (χ2v) is 4.61. The smallest absolute Gasteiger partial charge is 0.347 e. The molecule has 1 aliphatic rings. The summed E-state index contributed by atoms with van der Waals surface area (Å²) in [4.78, 5) is 22.8. The Kier molecular flexibility index (Phi) is 3.42. The van der Waals surface area contributed by atoms with Crippen LogP contribution in [0.5, 0.6) is 0 Å². The predicted molar refractivity (Wildman–Crippen MR) is 63.9 cm³/mol. The lowest BCUT2D eigenvalue weighted by Gasteiger charge is -2.08. The molecule has 0 N–H and O–H groups in total. The summed E-state index contributed by atoms with van der Waals surface area (Å²) in [7, 11) is 0. The quantitative estimate of drug-likeness (QED) is 0.612. The molecule has 2 rings (SSSR count). The van der Waals surface area contributed by atoms with Crippen LogP contribution in [-0.2, 0) is 14.3 Å². The van der Waals surface area contributed by atoms with Crippen LogP contribution in [0.4, 0.5) is 0 Å². The molecular formula is C11H9IO4. The van der Waals surface area contributed by atoms with Crippen LogP contribution in [0.1, 0.15) is 16.8 Å². The fourth-order valence-corrected chi connectivity index (χ4v) is 1.94. The Hall–Kier alpha value is -1.11. The molecule has 1 saturated heterocycles. The van der Waals surface area contributed by atoms with Crippen LogP contribution >= 0.6 is 22.6 Å². The molecule has 4 nitrogen and oxygen atoms in total. The average Bonchev–Trinajstić information content (AvgIpc) is 2.64. The van der Waals surface area contributed by atoms with Crippen molar-refractivity contribution in [2.24, 2.45) is 0 Å². The fraction of sp³-hybridized carbons (Fsp3) is 0.273. The fourth-order valence-electron chi connectivity index (χ4n) is 1.40. The van der Waals surface area contributed by atoms with Gasteiger partial charge in [-0.15, -0.1) is 0 Å². The first kappa shape index (κ1) is 11.4. The van der Waals surface area contributed by atoms with Crippen molar-refractivity contribution in [1.29, 1.82) is 0 Å². The van der Waals surface area contributed by atoms with Gasteiger partial charge in [0.15, 0.2) is 0 Å². The number of ether oxygens (including phenoxy) is 2. The molecule has 1 atom stereocenters. The number of halogens is 1. The third-order valence-corrected chi connectivity index (χ3v) is 2.87. The van der Waals surface area contributed by atoms with Crippen LogP contribution in [0.25, 0.3) is 0 Å². The Balaban J connectivity index is 2.05. The van der Waals surface area contributed by atoms with Crippen LogP contribution in [-0.4, -0.2) is 24.6 Å². The van der Waals surface area contributed by atoms with E-state index in [1.54, 1.807) is 18.2 Å². The number of hydrogen-bond acceptors (Lipinski definition) is 4. The molecule has 0 spiro atoms. The van der Waals surface area contributed by atoms with E-state index in [1.165, 1.54) is 0 Å². The summed E-state index contributed by atoms with van der Waals surface area (Å²) >= 11 is 2.11. The summed E-state index contributed by atoms with van der Waals surface area (Å²) in [5, 5.41) is 0. The van der Waals surface area contributed by atoms with Crippen molar-refractivity contribution >= 4 is 34.5 Å². The van der Waals surface area contributed by atoms with Gasteiger partial charge >= 0.3 is 11.9 Å². The maximum Gasteiger partial charge on any atom is 0.347 e. The normalized spacial score (nSPS) is 19.3. The first-order valence-corrected chi connectivity index (χ1v) is 5.88. The molecule has 0 amide bonds. The SMILES string of the molecule is O=C(OC1CCOC1=O)c1cccc(I)c1. The van der Waals surface area contributed by atoms with Gasteiger partial charge in [0.25, 0.3) is 0 Å². The summed E-state index contributed by atoms with van der Waals surface area (Å²) in [6.45, 7) is 0.323. The van der Waals surface area contributed by atoms with E-state index in [9.17, 15) is 9.59 Å². The van der Waals surface area contributed by atoms with Gasteiger partial charge in [0.05, 0.1) is 12.2 Å². The summed E-state index contributed by atoms with van der Waals surface area (Å²) < 4.78 is 10.7. The first-order chi connectivity index (χ1) is 7.66. The van der Waals surface area contributed by atoms with E-state index in [4.69, 9.17) is 9.47 Å². The molecule has 16 heavy (non-hydrogen) atoms. The molecule has 0 radical (unpaired) electrons. The number of esters is 2. The van der Waals surface area contributed by atoms with Crippen LogP contribution in [0.3, 0.4) is 0 Å². The minimum Gasteiger partial charge on any atom is -0.463 e. The van der Waals surface area contributed by atoms with Gasteiger partial charge in [-0.05, 0) is 40.8 Å². The lowest BCUT2D eigenvalue weighted by molar-refractivity contribution is -0.145. The zero-order valence-corrected chi connectivity index (χ0v) is 10.5. The Morgan fingerprint density at radius 2 is 2.31 bits per heavy atom. The highest BCUT2D eigenvalue weighted by Gasteiger charge is 2.30. The molecule has 0 saturated carbocycles. The summed E-state index contributed by atoms with van der Waals surface area (Å²) in [5.41, 5.74) is 0.451. The van der Waals surface area contributed by atoms with Crippen molar-refractivity contribution in [3.63, 3.8) is 0 Å². The molecule has 5 heteroatoms. The molecule has 84 valence electrons. The highest BCUT2D eigenvalue weighted by Crippen LogP contribution is 2.14. The van der Waals surface area contributed by atoms with Crippen LogP contribution in [0.2, 0.25) is 0 Å². The monoisotopic (exact) mass is 332 g/mol. The topological polar surface area (TPSA) is 52.6 Å². The van der Waals surface area contributed by atoms with Gasteiger partial charge in [-0.25, -0.2) is 9.59 Å². The number of cyclic esters (lactones) is 1. The second-order valence-electron chi connectivity index (χ2n) is 3.36. The lowest BCUT2D eigenvalue weighted by atomic mass is 10.2. The van der Waals surface area contributed by atoms with Crippen molar-refractivity contribution in [2.75, 3.05) is 6.61 Å². The van der Waals surface area contributed by atoms with E-state index in [-0.39, 0.29) is 0 Å². The maximum atomic E-state index is 11.7. The number of benzene rings is 1. The van der Waals surface area contributed by atoms with Gasteiger partial charge in [-0.3, -0.25) is 0 Å². The third kappa shape index (κ3) is 2.52. The van der Waals surface area contributed by atoms with E-state index in [0.29, 0.717) is 18.6 Å².